The molecule has 114 valence electrons. The van der Waals surface area contributed by atoms with E-state index in [1.165, 1.54) is 22.5 Å². The third kappa shape index (κ3) is 4.58. The number of rotatable bonds is 8. The molecule has 2 aromatic rings. The molecular formula is C18H26N2S. The van der Waals surface area contributed by atoms with Crippen molar-refractivity contribution in [2.75, 3.05) is 25.0 Å². The molecule has 0 radical (unpaired) electrons. The first-order chi connectivity index (χ1) is 10.2. The molecule has 0 fully saturated rings. The number of likely N-dealkylation sites (N-methyl/N-ethyl adjacent to an activating group) is 1. The molecule has 0 aliphatic heterocycles. The zero-order chi connectivity index (χ0) is 15.1. The van der Waals surface area contributed by atoms with Gasteiger partial charge in [-0.3, -0.25) is 0 Å². The fraction of sp³-hybridized carbons (Fsp3) is 0.444. The molecule has 0 bridgehead atoms. The summed E-state index contributed by atoms with van der Waals surface area (Å²) < 4.78 is 0. The van der Waals surface area contributed by atoms with Crippen molar-refractivity contribution in [3.05, 3.63) is 52.2 Å². The first-order valence-corrected chi connectivity index (χ1v) is 8.66. The molecule has 0 saturated heterocycles. The second kappa shape index (κ2) is 8.20. The van der Waals surface area contributed by atoms with E-state index in [1.807, 2.05) is 11.3 Å². The largest absolute Gasteiger partial charge is 0.374 e. The smallest absolute Gasteiger partial charge is 0.0412 e. The third-order valence-electron chi connectivity index (χ3n) is 3.79. The lowest BCUT2D eigenvalue weighted by Gasteiger charge is -2.25. The summed E-state index contributed by atoms with van der Waals surface area (Å²) in [5.74, 6) is 0. The minimum absolute atomic E-state index is 0.394. The van der Waals surface area contributed by atoms with E-state index in [1.54, 1.807) is 0 Å². The quantitative estimate of drug-likeness (QED) is 0.773. The average Bonchev–Trinajstić information content (AvgIpc) is 3.03. The molecule has 0 aliphatic carbocycles. The molecule has 1 aromatic carbocycles. The number of thiophene rings is 1. The highest BCUT2D eigenvalue weighted by Crippen LogP contribution is 2.25. The topological polar surface area (TPSA) is 15.3 Å². The lowest BCUT2D eigenvalue weighted by molar-refractivity contribution is 0.570. The Morgan fingerprint density at radius 2 is 2.00 bits per heavy atom. The Morgan fingerprint density at radius 3 is 2.71 bits per heavy atom. The van der Waals surface area contributed by atoms with Crippen LogP contribution < -0.4 is 10.2 Å². The summed E-state index contributed by atoms with van der Waals surface area (Å²) >= 11 is 1.84. The van der Waals surface area contributed by atoms with Gasteiger partial charge in [-0.15, -0.1) is 11.3 Å². The molecule has 3 heteroatoms. The highest BCUT2D eigenvalue weighted by Gasteiger charge is 2.12. The number of hydrogen-bond acceptors (Lipinski definition) is 3. The molecular weight excluding hydrogens is 276 g/mol. The highest BCUT2D eigenvalue weighted by atomic mass is 32.1. The molecule has 2 rings (SSSR count). The molecule has 1 aromatic heterocycles. The Balaban J connectivity index is 2.03. The van der Waals surface area contributed by atoms with Crippen LogP contribution in [0.2, 0.25) is 0 Å². The number of nitrogens with one attached hydrogen (secondary N) is 1. The van der Waals surface area contributed by atoms with Crippen molar-refractivity contribution < 1.29 is 0 Å². The molecule has 0 saturated carbocycles. The minimum Gasteiger partial charge on any atom is -0.374 e. The number of anilines is 1. The highest BCUT2D eigenvalue weighted by molar-refractivity contribution is 7.09. The Bertz CT molecular complexity index is 522. The summed E-state index contributed by atoms with van der Waals surface area (Å²) in [4.78, 5) is 3.83. The van der Waals surface area contributed by atoms with E-state index in [0.29, 0.717) is 6.04 Å². The summed E-state index contributed by atoms with van der Waals surface area (Å²) in [6.45, 7) is 6.58. The molecule has 2 nitrogen and oxygen atoms in total. The molecule has 1 N–H and O–H groups in total. The summed E-state index contributed by atoms with van der Waals surface area (Å²) in [7, 11) is 2.19. The predicted octanol–water partition coefficient (Wildman–Crippen LogP) is 4.49. The van der Waals surface area contributed by atoms with Gasteiger partial charge in [0.05, 0.1) is 0 Å². The molecule has 0 spiro atoms. The zero-order valence-corrected chi connectivity index (χ0v) is 14.1. The molecule has 1 heterocycles. The van der Waals surface area contributed by atoms with Gasteiger partial charge in [0.2, 0.25) is 0 Å². The van der Waals surface area contributed by atoms with Gasteiger partial charge in [-0.1, -0.05) is 31.2 Å². The lowest BCUT2D eigenvalue weighted by atomic mass is 10.0. The van der Waals surface area contributed by atoms with Crippen LogP contribution in [-0.2, 0) is 6.42 Å². The van der Waals surface area contributed by atoms with Gasteiger partial charge in [-0.25, -0.2) is 0 Å². The van der Waals surface area contributed by atoms with Crippen LogP contribution in [0.15, 0.2) is 41.8 Å². The number of hydrogen-bond donors (Lipinski definition) is 1. The van der Waals surface area contributed by atoms with Crippen molar-refractivity contribution in [1.29, 1.82) is 0 Å². The lowest BCUT2D eigenvalue weighted by Crippen LogP contribution is -2.25. The van der Waals surface area contributed by atoms with Gasteiger partial charge in [0.1, 0.15) is 0 Å². The Hall–Kier alpha value is -1.32. The molecule has 1 atom stereocenters. The van der Waals surface area contributed by atoms with Crippen molar-refractivity contribution in [2.24, 2.45) is 0 Å². The third-order valence-corrected chi connectivity index (χ3v) is 4.72. The maximum absolute atomic E-state index is 3.59. The van der Waals surface area contributed by atoms with Crippen molar-refractivity contribution in [3.8, 4) is 0 Å². The van der Waals surface area contributed by atoms with Gasteiger partial charge in [-0.2, -0.15) is 0 Å². The summed E-state index contributed by atoms with van der Waals surface area (Å²) in [5.41, 5.74) is 2.73. The van der Waals surface area contributed by atoms with Crippen LogP contribution in [0.4, 0.5) is 5.69 Å². The molecule has 0 aliphatic rings. The van der Waals surface area contributed by atoms with Crippen LogP contribution in [-0.4, -0.2) is 20.1 Å². The summed E-state index contributed by atoms with van der Waals surface area (Å²) in [5, 5.41) is 5.74. The van der Waals surface area contributed by atoms with Crippen molar-refractivity contribution >= 4 is 17.0 Å². The molecule has 1 unspecified atom stereocenters. The predicted molar refractivity (Wildman–Crippen MR) is 94.4 cm³/mol. The maximum Gasteiger partial charge on any atom is 0.0412 e. The van der Waals surface area contributed by atoms with Crippen LogP contribution >= 0.6 is 11.3 Å². The number of benzene rings is 1. The van der Waals surface area contributed by atoms with E-state index in [-0.39, 0.29) is 0 Å². The normalized spacial score (nSPS) is 12.3. The van der Waals surface area contributed by atoms with E-state index in [4.69, 9.17) is 0 Å². The molecule has 21 heavy (non-hydrogen) atoms. The van der Waals surface area contributed by atoms with Crippen LogP contribution in [0.25, 0.3) is 0 Å². The van der Waals surface area contributed by atoms with Crippen LogP contribution in [0.1, 0.15) is 36.8 Å². The average molecular weight is 302 g/mol. The second-order valence-electron chi connectivity index (χ2n) is 5.49. The van der Waals surface area contributed by atoms with E-state index in [0.717, 1.165) is 19.5 Å². The van der Waals surface area contributed by atoms with Gasteiger partial charge < -0.3 is 10.2 Å². The first-order valence-electron chi connectivity index (χ1n) is 7.78. The van der Waals surface area contributed by atoms with E-state index in [2.05, 4.69) is 72.9 Å². The van der Waals surface area contributed by atoms with Gasteiger partial charge >= 0.3 is 0 Å². The van der Waals surface area contributed by atoms with Crippen LogP contribution in [0.3, 0.4) is 0 Å². The van der Waals surface area contributed by atoms with E-state index >= 15 is 0 Å². The van der Waals surface area contributed by atoms with Gasteiger partial charge in [0.25, 0.3) is 0 Å². The summed E-state index contributed by atoms with van der Waals surface area (Å²) in [6, 6.07) is 13.5. The van der Waals surface area contributed by atoms with Crippen molar-refractivity contribution in [2.45, 2.75) is 32.7 Å². The molecule has 0 amide bonds. The SMILES string of the molecule is CCCNC(C)c1ccccc1N(C)CCc1cccs1. The number of para-hydroxylation sites is 1. The van der Waals surface area contributed by atoms with Crippen molar-refractivity contribution in [1.82, 2.24) is 5.32 Å². The minimum atomic E-state index is 0.394. The fourth-order valence-corrected chi connectivity index (χ4v) is 3.22. The number of nitrogens with zero attached hydrogens (tertiary/aromatic N) is 1. The maximum atomic E-state index is 3.59. The van der Waals surface area contributed by atoms with Gasteiger partial charge in [-0.05, 0) is 49.4 Å². The zero-order valence-electron chi connectivity index (χ0n) is 13.3. The Kier molecular flexibility index (Phi) is 6.27. The first kappa shape index (κ1) is 16.1. The van der Waals surface area contributed by atoms with Gasteiger partial charge in [0.15, 0.2) is 0 Å². The van der Waals surface area contributed by atoms with Crippen LogP contribution in [0.5, 0.6) is 0 Å². The van der Waals surface area contributed by atoms with Gasteiger partial charge in [0, 0.05) is 30.2 Å². The van der Waals surface area contributed by atoms with E-state index < -0.39 is 0 Å². The van der Waals surface area contributed by atoms with Crippen molar-refractivity contribution in [3.63, 3.8) is 0 Å². The second-order valence-corrected chi connectivity index (χ2v) is 6.52. The standard InChI is InChI=1S/C18H26N2S/c1-4-12-19-15(2)17-9-5-6-10-18(17)20(3)13-11-16-8-7-14-21-16/h5-10,14-15,19H,4,11-13H2,1-3H3. The van der Waals surface area contributed by atoms with Crippen LogP contribution in [0, 0.1) is 0 Å². The Morgan fingerprint density at radius 1 is 1.19 bits per heavy atom. The monoisotopic (exact) mass is 302 g/mol. The fourth-order valence-electron chi connectivity index (χ4n) is 2.53. The Labute approximate surface area is 132 Å². The summed E-state index contributed by atoms with van der Waals surface area (Å²) in [6.07, 6.45) is 2.28. The van der Waals surface area contributed by atoms with E-state index in [9.17, 15) is 0 Å².